The van der Waals surface area contributed by atoms with Gasteiger partial charge in [0.05, 0.1) is 5.56 Å². The predicted molar refractivity (Wildman–Crippen MR) is 52.1 cm³/mol. The minimum absolute atomic E-state index is 0. The quantitative estimate of drug-likeness (QED) is 0.770. The Hall–Kier alpha value is -0.687. The van der Waals surface area contributed by atoms with Gasteiger partial charge in [-0.25, -0.2) is 4.79 Å². The predicted octanol–water partition coefficient (Wildman–Crippen LogP) is 2.68. The summed E-state index contributed by atoms with van der Waals surface area (Å²) in [5.74, 6) is -0.875. The number of carbonyl (C=O) groups is 1. The first kappa shape index (κ1) is 13.3. The molecule has 14 heavy (non-hydrogen) atoms. The molecular formula is C11H14O2Zn. The van der Waals surface area contributed by atoms with Crippen LogP contribution in [0.5, 0.6) is 0 Å². The van der Waals surface area contributed by atoms with E-state index in [-0.39, 0.29) is 24.9 Å². The van der Waals surface area contributed by atoms with Gasteiger partial charge in [0.25, 0.3) is 0 Å². The van der Waals surface area contributed by atoms with Gasteiger partial charge >= 0.3 is 5.97 Å². The fraction of sp³-hybridized carbons (Fsp3) is 0.364. The van der Waals surface area contributed by atoms with Gasteiger partial charge in [-0.1, -0.05) is 32.9 Å². The maximum Gasteiger partial charge on any atom is 0.335 e. The molecule has 0 atom stereocenters. The van der Waals surface area contributed by atoms with Gasteiger partial charge in [0.2, 0.25) is 0 Å². The average Bonchev–Trinajstić information content (AvgIpc) is 2.03. The minimum atomic E-state index is -0.875. The molecule has 0 bridgehead atoms. The van der Waals surface area contributed by atoms with E-state index in [1.165, 1.54) is 0 Å². The van der Waals surface area contributed by atoms with Crippen molar-refractivity contribution in [2.75, 3.05) is 0 Å². The maximum absolute atomic E-state index is 10.6. The van der Waals surface area contributed by atoms with Gasteiger partial charge in [0.15, 0.2) is 0 Å². The molecule has 1 aromatic rings. The van der Waals surface area contributed by atoms with E-state index in [2.05, 4.69) is 20.8 Å². The first-order valence-corrected chi connectivity index (χ1v) is 4.25. The molecule has 0 heterocycles. The van der Waals surface area contributed by atoms with E-state index in [0.29, 0.717) is 5.56 Å². The van der Waals surface area contributed by atoms with E-state index in [0.717, 1.165) is 5.56 Å². The zero-order chi connectivity index (χ0) is 10.1. The SMILES string of the molecule is CC(C)(C)c1ccc(C(=O)O)cc1.[Zn]. The topological polar surface area (TPSA) is 37.3 Å². The Morgan fingerprint density at radius 2 is 1.57 bits per heavy atom. The molecule has 0 unspecified atom stereocenters. The zero-order valence-corrected chi connectivity index (χ0v) is 11.8. The van der Waals surface area contributed by atoms with Crippen LogP contribution in [-0.4, -0.2) is 11.1 Å². The number of carboxylic acid groups (broad SMARTS) is 1. The van der Waals surface area contributed by atoms with Gasteiger partial charge in [-0.2, -0.15) is 0 Å². The fourth-order valence-corrected chi connectivity index (χ4v) is 1.11. The fourth-order valence-electron chi connectivity index (χ4n) is 1.11. The second kappa shape index (κ2) is 4.70. The summed E-state index contributed by atoms with van der Waals surface area (Å²) in [6.07, 6.45) is 0. The third-order valence-electron chi connectivity index (χ3n) is 2.00. The second-order valence-corrected chi connectivity index (χ2v) is 4.13. The smallest absolute Gasteiger partial charge is 0.335 e. The average molecular weight is 244 g/mol. The molecule has 0 aliphatic rings. The van der Waals surface area contributed by atoms with Crippen molar-refractivity contribution < 1.29 is 29.4 Å². The van der Waals surface area contributed by atoms with Crippen LogP contribution in [0.15, 0.2) is 24.3 Å². The van der Waals surface area contributed by atoms with E-state index in [4.69, 9.17) is 5.11 Å². The number of benzene rings is 1. The Bertz CT molecular complexity index is 309. The van der Waals surface area contributed by atoms with Gasteiger partial charge in [0.1, 0.15) is 0 Å². The summed E-state index contributed by atoms with van der Waals surface area (Å²) in [7, 11) is 0. The molecule has 0 aromatic heterocycles. The van der Waals surface area contributed by atoms with E-state index < -0.39 is 5.97 Å². The Labute approximate surface area is 97.1 Å². The van der Waals surface area contributed by atoms with Crippen LogP contribution in [0.1, 0.15) is 36.7 Å². The standard InChI is InChI=1S/C11H14O2.Zn/c1-11(2,3)9-6-4-8(5-7-9)10(12)13;/h4-7H,1-3H3,(H,12,13);. The first-order valence-electron chi connectivity index (χ1n) is 4.25. The third-order valence-corrected chi connectivity index (χ3v) is 2.00. The largest absolute Gasteiger partial charge is 0.478 e. The van der Waals surface area contributed by atoms with Crippen molar-refractivity contribution in [2.24, 2.45) is 0 Å². The van der Waals surface area contributed by atoms with Crippen molar-refractivity contribution in [3.63, 3.8) is 0 Å². The molecule has 72 valence electrons. The Kier molecular flexibility index (Phi) is 4.47. The van der Waals surface area contributed by atoms with Gasteiger partial charge in [-0.3, -0.25) is 0 Å². The van der Waals surface area contributed by atoms with Crippen molar-refractivity contribution in [3.8, 4) is 0 Å². The molecule has 0 aliphatic carbocycles. The van der Waals surface area contributed by atoms with E-state index in [1.807, 2.05) is 12.1 Å². The maximum atomic E-state index is 10.6. The summed E-state index contributed by atoms with van der Waals surface area (Å²) in [4.78, 5) is 10.6. The molecule has 0 saturated carbocycles. The summed E-state index contributed by atoms with van der Waals surface area (Å²) < 4.78 is 0. The van der Waals surface area contributed by atoms with E-state index >= 15 is 0 Å². The minimum Gasteiger partial charge on any atom is -0.478 e. The van der Waals surface area contributed by atoms with Crippen molar-refractivity contribution in [2.45, 2.75) is 26.2 Å². The van der Waals surface area contributed by atoms with E-state index in [1.54, 1.807) is 12.1 Å². The van der Waals surface area contributed by atoms with E-state index in [9.17, 15) is 4.79 Å². The summed E-state index contributed by atoms with van der Waals surface area (Å²) in [5, 5.41) is 8.68. The third kappa shape index (κ3) is 3.23. The molecule has 3 heteroatoms. The van der Waals surface area contributed by atoms with Crippen molar-refractivity contribution in [1.82, 2.24) is 0 Å². The van der Waals surface area contributed by atoms with Crippen LogP contribution >= 0.6 is 0 Å². The molecule has 0 saturated heterocycles. The monoisotopic (exact) mass is 242 g/mol. The van der Waals surface area contributed by atoms with Crippen LogP contribution in [0.3, 0.4) is 0 Å². The van der Waals surface area contributed by atoms with Crippen molar-refractivity contribution in [3.05, 3.63) is 35.4 Å². The number of aromatic carboxylic acids is 1. The van der Waals surface area contributed by atoms with Crippen LogP contribution in [0.4, 0.5) is 0 Å². The van der Waals surface area contributed by atoms with Gasteiger partial charge in [0, 0.05) is 19.5 Å². The summed E-state index contributed by atoms with van der Waals surface area (Å²) in [5.41, 5.74) is 1.57. The molecule has 0 fully saturated rings. The molecule has 0 amide bonds. The number of hydrogen-bond donors (Lipinski definition) is 1. The second-order valence-electron chi connectivity index (χ2n) is 4.13. The van der Waals surface area contributed by atoms with Crippen LogP contribution in [-0.2, 0) is 24.9 Å². The van der Waals surface area contributed by atoms with Gasteiger partial charge in [-0.05, 0) is 23.1 Å². The number of rotatable bonds is 1. The Balaban J connectivity index is 0.00000169. The molecule has 2 nitrogen and oxygen atoms in total. The molecule has 1 rings (SSSR count). The summed E-state index contributed by atoms with van der Waals surface area (Å²) in [6, 6.07) is 7.01. The zero-order valence-electron chi connectivity index (χ0n) is 8.87. The first-order chi connectivity index (χ1) is 5.91. The van der Waals surface area contributed by atoms with Crippen LogP contribution < -0.4 is 0 Å². The molecule has 1 N–H and O–H groups in total. The molecule has 1 aromatic carbocycles. The van der Waals surface area contributed by atoms with Crippen LogP contribution in [0.2, 0.25) is 0 Å². The van der Waals surface area contributed by atoms with Gasteiger partial charge < -0.3 is 5.11 Å². The molecule has 0 aliphatic heterocycles. The van der Waals surface area contributed by atoms with Crippen molar-refractivity contribution >= 4 is 5.97 Å². The van der Waals surface area contributed by atoms with Gasteiger partial charge in [-0.15, -0.1) is 0 Å². The van der Waals surface area contributed by atoms with Crippen LogP contribution in [0, 0.1) is 0 Å². The Morgan fingerprint density at radius 1 is 1.14 bits per heavy atom. The summed E-state index contributed by atoms with van der Waals surface area (Å²) in [6.45, 7) is 6.30. The molecule has 0 spiro atoms. The normalized spacial score (nSPS) is 10.5. The number of hydrogen-bond acceptors (Lipinski definition) is 1. The molecule has 0 radical (unpaired) electrons. The molecular weight excluding hydrogens is 230 g/mol. The number of carboxylic acids is 1. The summed E-state index contributed by atoms with van der Waals surface area (Å²) >= 11 is 0. The van der Waals surface area contributed by atoms with Crippen molar-refractivity contribution in [1.29, 1.82) is 0 Å². The Morgan fingerprint density at radius 3 is 1.86 bits per heavy atom. The van der Waals surface area contributed by atoms with Crippen LogP contribution in [0.25, 0.3) is 0 Å².